The maximum absolute atomic E-state index is 10.1. The third kappa shape index (κ3) is 12.2. The summed E-state index contributed by atoms with van der Waals surface area (Å²) >= 11 is 5.57. The summed E-state index contributed by atoms with van der Waals surface area (Å²) in [4.78, 5) is 0. The van der Waals surface area contributed by atoms with E-state index in [4.69, 9.17) is 11.6 Å². The van der Waals surface area contributed by atoms with Gasteiger partial charge in [-0.2, -0.15) is 0 Å². The van der Waals surface area contributed by atoms with E-state index < -0.39 is 0 Å². The van der Waals surface area contributed by atoms with E-state index in [0.29, 0.717) is 0 Å². The molecule has 0 spiro atoms. The van der Waals surface area contributed by atoms with Gasteiger partial charge in [0.05, 0.1) is 6.61 Å². The van der Waals surface area contributed by atoms with Crippen molar-refractivity contribution in [3.8, 4) is 0 Å². The summed E-state index contributed by atoms with van der Waals surface area (Å²) in [7, 11) is 0. The molecule has 0 aromatic heterocycles. The molecule has 0 bridgehead atoms. The van der Waals surface area contributed by atoms with E-state index in [1.807, 2.05) is 0 Å². The molecule has 0 heterocycles. The highest BCUT2D eigenvalue weighted by Crippen LogP contribution is 2.09. The van der Waals surface area contributed by atoms with Crippen LogP contribution in [-0.2, 0) is 5.11 Å². The average molecular weight is 206 g/mol. The Morgan fingerprint density at radius 1 is 0.615 bits per heavy atom. The predicted octanol–water partition coefficient (Wildman–Crippen LogP) is 4.17. The Hall–Kier alpha value is 0.250. The first-order valence-corrected chi connectivity index (χ1v) is 6.09. The molecule has 1 nitrogen and oxygen atoms in total. The first kappa shape index (κ1) is 13.2. The molecule has 0 atom stereocenters. The molecule has 0 fully saturated rings. The molecular formula is C11H22ClO. The van der Waals surface area contributed by atoms with Crippen LogP contribution in [0, 0.1) is 0 Å². The van der Waals surface area contributed by atoms with Gasteiger partial charge in [0.15, 0.2) is 0 Å². The summed E-state index contributed by atoms with van der Waals surface area (Å²) in [6, 6.07) is 0. The molecule has 1 radical (unpaired) electrons. The van der Waals surface area contributed by atoms with Crippen molar-refractivity contribution in [3.05, 3.63) is 0 Å². The van der Waals surface area contributed by atoms with Crippen LogP contribution < -0.4 is 0 Å². The monoisotopic (exact) mass is 205 g/mol. The number of halogens is 1. The Morgan fingerprint density at radius 2 is 1.00 bits per heavy atom. The molecule has 0 aliphatic carbocycles. The Balaban J connectivity index is 2.76. The van der Waals surface area contributed by atoms with E-state index in [0.717, 1.165) is 25.1 Å². The molecule has 13 heavy (non-hydrogen) atoms. The molecule has 0 amide bonds. The van der Waals surface area contributed by atoms with Gasteiger partial charge in [-0.25, -0.2) is 5.11 Å². The third-order valence-corrected chi connectivity index (χ3v) is 2.55. The van der Waals surface area contributed by atoms with E-state index in [2.05, 4.69) is 0 Å². The first-order chi connectivity index (χ1) is 6.41. The van der Waals surface area contributed by atoms with Crippen LogP contribution in [0.5, 0.6) is 0 Å². The summed E-state index contributed by atoms with van der Waals surface area (Å²) in [6.45, 7) is 0.107. The molecule has 0 saturated carbocycles. The van der Waals surface area contributed by atoms with Crippen LogP contribution in [0.15, 0.2) is 0 Å². The lowest BCUT2D eigenvalue weighted by Crippen LogP contribution is -1.83. The summed E-state index contributed by atoms with van der Waals surface area (Å²) in [5, 5.41) is 10.1. The van der Waals surface area contributed by atoms with Gasteiger partial charge in [0.1, 0.15) is 0 Å². The second-order valence-corrected chi connectivity index (χ2v) is 3.95. The Bertz CT molecular complexity index is 76.2. The first-order valence-electron chi connectivity index (χ1n) is 5.56. The zero-order valence-corrected chi connectivity index (χ0v) is 9.32. The lowest BCUT2D eigenvalue weighted by molar-refractivity contribution is 0.186. The largest absolute Gasteiger partial charge is 0.237 e. The minimum absolute atomic E-state index is 0.107. The van der Waals surface area contributed by atoms with Crippen molar-refractivity contribution in [2.45, 2.75) is 57.8 Å². The molecule has 0 rings (SSSR count). The second-order valence-electron chi connectivity index (χ2n) is 3.58. The molecule has 0 saturated heterocycles. The van der Waals surface area contributed by atoms with Gasteiger partial charge in [0.25, 0.3) is 0 Å². The van der Waals surface area contributed by atoms with Crippen molar-refractivity contribution in [2.75, 3.05) is 12.5 Å². The van der Waals surface area contributed by atoms with Crippen LogP contribution >= 0.6 is 11.6 Å². The molecule has 0 aliphatic rings. The highest BCUT2D eigenvalue weighted by Gasteiger charge is 1.91. The standard InChI is InChI=1S/C11H22ClO/c12-10-8-6-4-2-1-3-5-7-9-11-13/h1-11H2. The number of rotatable bonds is 10. The lowest BCUT2D eigenvalue weighted by Gasteiger charge is -2.00. The Morgan fingerprint density at radius 3 is 1.38 bits per heavy atom. The summed E-state index contributed by atoms with van der Waals surface area (Å²) < 4.78 is 0. The zero-order chi connectivity index (χ0) is 9.78. The minimum atomic E-state index is 0.107. The fraction of sp³-hybridized carbons (Fsp3) is 1.00. The van der Waals surface area contributed by atoms with Crippen LogP contribution in [0.3, 0.4) is 0 Å². The van der Waals surface area contributed by atoms with E-state index in [1.165, 1.54) is 38.5 Å². The van der Waals surface area contributed by atoms with Gasteiger partial charge >= 0.3 is 0 Å². The molecule has 0 unspecified atom stereocenters. The molecule has 0 aliphatic heterocycles. The number of hydrogen-bond donors (Lipinski definition) is 0. The van der Waals surface area contributed by atoms with Gasteiger partial charge in [-0.05, 0) is 12.8 Å². The smallest absolute Gasteiger partial charge is 0.0822 e. The second kappa shape index (κ2) is 12.2. The molecule has 79 valence electrons. The summed E-state index contributed by atoms with van der Waals surface area (Å²) in [6.07, 6.45) is 11.0. The number of hydrogen-bond acceptors (Lipinski definition) is 0. The highest BCUT2D eigenvalue weighted by molar-refractivity contribution is 6.17. The number of alkyl halides is 1. The fourth-order valence-corrected chi connectivity index (χ4v) is 1.62. The maximum Gasteiger partial charge on any atom is 0.0822 e. The van der Waals surface area contributed by atoms with Crippen LogP contribution in [-0.4, -0.2) is 12.5 Å². The van der Waals surface area contributed by atoms with Gasteiger partial charge < -0.3 is 0 Å². The lowest BCUT2D eigenvalue weighted by atomic mass is 10.1. The maximum atomic E-state index is 10.1. The Kier molecular flexibility index (Phi) is 12.5. The summed E-state index contributed by atoms with van der Waals surface area (Å²) in [5.41, 5.74) is 0. The van der Waals surface area contributed by atoms with E-state index in [9.17, 15) is 5.11 Å². The fourth-order valence-electron chi connectivity index (χ4n) is 1.43. The van der Waals surface area contributed by atoms with E-state index in [-0.39, 0.29) is 6.61 Å². The molecular weight excluding hydrogens is 184 g/mol. The van der Waals surface area contributed by atoms with Gasteiger partial charge in [0, 0.05) is 5.88 Å². The Labute approximate surface area is 87.5 Å². The van der Waals surface area contributed by atoms with Gasteiger partial charge in [-0.3, -0.25) is 0 Å². The molecule has 0 N–H and O–H groups in total. The van der Waals surface area contributed by atoms with Gasteiger partial charge in [-0.15, -0.1) is 11.6 Å². The van der Waals surface area contributed by atoms with Crippen LogP contribution in [0.2, 0.25) is 0 Å². The van der Waals surface area contributed by atoms with Crippen LogP contribution in [0.25, 0.3) is 0 Å². The SMILES string of the molecule is [O]CCCCCCCCCCCCl. The van der Waals surface area contributed by atoms with Crippen LogP contribution in [0.1, 0.15) is 57.8 Å². The average Bonchev–Trinajstić information content (AvgIpc) is 2.16. The van der Waals surface area contributed by atoms with Crippen molar-refractivity contribution in [2.24, 2.45) is 0 Å². The van der Waals surface area contributed by atoms with Crippen LogP contribution in [0.4, 0.5) is 0 Å². The van der Waals surface area contributed by atoms with Crippen molar-refractivity contribution in [1.82, 2.24) is 0 Å². The zero-order valence-electron chi connectivity index (χ0n) is 8.56. The molecule has 2 heteroatoms. The van der Waals surface area contributed by atoms with Crippen molar-refractivity contribution < 1.29 is 5.11 Å². The van der Waals surface area contributed by atoms with Gasteiger partial charge in [0.2, 0.25) is 0 Å². The minimum Gasteiger partial charge on any atom is -0.237 e. The third-order valence-electron chi connectivity index (χ3n) is 2.28. The highest BCUT2D eigenvalue weighted by atomic mass is 35.5. The van der Waals surface area contributed by atoms with Crippen molar-refractivity contribution >= 4 is 11.6 Å². The van der Waals surface area contributed by atoms with E-state index >= 15 is 0 Å². The van der Waals surface area contributed by atoms with Crippen molar-refractivity contribution in [1.29, 1.82) is 0 Å². The molecule has 0 aromatic rings. The molecule has 0 aromatic carbocycles. The quantitative estimate of drug-likeness (QED) is 0.377. The number of unbranched alkanes of at least 4 members (excludes halogenated alkanes) is 8. The van der Waals surface area contributed by atoms with Crippen molar-refractivity contribution in [3.63, 3.8) is 0 Å². The summed E-state index contributed by atoms with van der Waals surface area (Å²) in [5.74, 6) is 0.809. The predicted molar refractivity (Wildman–Crippen MR) is 57.8 cm³/mol. The normalized spacial score (nSPS) is 10.6. The van der Waals surface area contributed by atoms with E-state index in [1.54, 1.807) is 0 Å². The van der Waals surface area contributed by atoms with Gasteiger partial charge in [-0.1, -0.05) is 44.9 Å². The topological polar surface area (TPSA) is 19.9 Å².